The summed E-state index contributed by atoms with van der Waals surface area (Å²) in [5.41, 5.74) is 2.96. The number of nitrogens with two attached hydrogens (primary N) is 1. The summed E-state index contributed by atoms with van der Waals surface area (Å²) < 4.78 is 5.54. The van der Waals surface area contributed by atoms with Crippen LogP contribution < -0.4 is 11.3 Å². The minimum atomic E-state index is 0.275. The van der Waals surface area contributed by atoms with Gasteiger partial charge in [0.1, 0.15) is 0 Å². The Morgan fingerprint density at radius 2 is 2.00 bits per heavy atom. The first-order valence-corrected chi connectivity index (χ1v) is 6.80. The Hall–Kier alpha value is -0.120. The number of hydrazine groups is 1. The molecule has 3 heteroatoms. The summed E-state index contributed by atoms with van der Waals surface area (Å²) in [7, 11) is 1.80. The van der Waals surface area contributed by atoms with Crippen LogP contribution in [0.25, 0.3) is 0 Å². The van der Waals surface area contributed by atoms with Gasteiger partial charge in [0.05, 0.1) is 6.10 Å². The smallest absolute Gasteiger partial charge is 0.0737 e. The highest BCUT2D eigenvalue weighted by Crippen LogP contribution is 2.28. The lowest BCUT2D eigenvalue weighted by molar-refractivity contribution is 0.0501. The average molecular weight is 228 g/mol. The summed E-state index contributed by atoms with van der Waals surface area (Å²) in [4.78, 5) is 0. The van der Waals surface area contributed by atoms with Gasteiger partial charge in [0.2, 0.25) is 0 Å². The van der Waals surface area contributed by atoms with Crippen LogP contribution >= 0.6 is 0 Å². The second-order valence-corrected chi connectivity index (χ2v) is 5.08. The van der Waals surface area contributed by atoms with Gasteiger partial charge in [0.25, 0.3) is 0 Å². The molecule has 16 heavy (non-hydrogen) atoms. The molecule has 0 saturated heterocycles. The van der Waals surface area contributed by atoms with Crippen LogP contribution in [-0.4, -0.2) is 19.3 Å². The van der Waals surface area contributed by atoms with E-state index in [2.05, 4.69) is 12.3 Å². The Kier molecular flexibility index (Phi) is 7.01. The first-order chi connectivity index (χ1) is 7.81. The van der Waals surface area contributed by atoms with Crippen molar-refractivity contribution in [3.8, 4) is 0 Å². The molecule has 2 atom stereocenters. The second-order valence-electron chi connectivity index (χ2n) is 5.08. The van der Waals surface area contributed by atoms with Gasteiger partial charge in [0, 0.05) is 13.2 Å². The van der Waals surface area contributed by atoms with E-state index in [9.17, 15) is 0 Å². The van der Waals surface area contributed by atoms with E-state index in [1.165, 1.54) is 38.5 Å². The number of ether oxygens (including phenoxy) is 1. The molecule has 0 aromatic heterocycles. The van der Waals surface area contributed by atoms with Crippen LogP contribution in [0.2, 0.25) is 0 Å². The number of rotatable bonds is 7. The predicted molar refractivity (Wildman–Crippen MR) is 68.0 cm³/mol. The summed E-state index contributed by atoms with van der Waals surface area (Å²) in [6, 6.07) is 0.327. The van der Waals surface area contributed by atoms with E-state index in [-0.39, 0.29) is 6.10 Å². The molecule has 0 bridgehead atoms. The van der Waals surface area contributed by atoms with E-state index in [0.29, 0.717) is 6.04 Å². The molecular formula is C13H28N2O. The van der Waals surface area contributed by atoms with Crippen molar-refractivity contribution in [1.82, 2.24) is 5.43 Å². The van der Waals surface area contributed by atoms with Crippen molar-refractivity contribution in [2.75, 3.05) is 7.11 Å². The molecule has 0 aromatic rings. The fourth-order valence-corrected chi connectivity index (χ4v) is 2.88. The van der Waals surface area contributed by atoms with Crippen LogP contribution in [0.4, 0.5) is 0 Å². The topological polar surface area (TPSA) is 47.3 Å². The molecule has 1 saturated carbocycles. The lowest BCUT2D eigenvalue weighted by atomic mass is 9.83. The Balaban J connectivity index is 2.38. The molecule has 0 aromatic carbocycles. The minimum absolute atomic E-state index is 0.275. The van der Waals surface area contributed by atoms with Gasteiger partial charge in [-0.15, -0.1) is 0 Å². The summed E-state index contributed by atoms with van der Waals surface area (Å²) in [6.45, 7) is 2.19. The molecular weight excluding hydrogens is 200 g/mol. The molecule has 0 aliphatic heterocycles. The first kappa shape index (κ1) is 13.9. The van der Waals surface area contributed by atoms with Gasteiger partial charge in [-0.2, -0.15) is 0 Å². The van der Waals surface area contributed by atoms with Crippen molar-refractivity contribution in [3.63, 3.8) is 0 Å². The van der Waals surface area contributed by atoms with Gasteiger partial charge in [-0.1, -0.05) is 45.4 Å². The van der Waals surface area contributed by atoms with E-state index in [1.807, 2.05) is 0 Å². The highest BCUT2D eigenvalue weighted by Gasteiger charge is 2.24. The maximum Gasteiger partial charge on any atom is 0.0737 e. The van der Waals surface area contributed by atoms with Crippen molar-refractivity contribution in [1.29, 1.82) is 0 Å². The molecule has 0 heterocycles. The van der Waals surface area contributed by atoms with Gasteiger partial charge in [-0.3, -0.25) is 11.3 Å². The lowest BCUT2D eigenvalue weighted by Crippen LogP contribution is -2.46. The van der Waals surface area contributed by atoms with E-state index in [4.69, 9.17) is 10.6 Å². The molecule has 1 aliphatic carbocycles. The van der Waals surface area contributed by atoms with Crippen molar-refractivity contribution in [2.45, 2.75) is 70.4 Å². The molecule has 2 unspecified atom stereocenters. The van der Waals surface area contributed by atoms with Gasteiger partial charge in [-0.25, -0.2) is 0 Å². The quantitative estimate of drug-likeness (QED) is 0.520. The van der Waals surface area contributed by atoms with Gasteiger partial charge < -0.3 is 4.74 Å². The molecule has 0 radical (unpaired) electrons. The maximum absolute atomic E-state index is 5.67. The molecule has 0 amide bonds. The van der Waals surface area contributed by atoms with Crippen molar-refractivity contribution < 1.29 is 4.74 Å². The Morgan fingerprint density at radius 3 is 2.50 bits per heavy atom. The average Bonchev–Trinajstić information content (AvgIpc) is 2.35. The fraction of sp³-hybridized carbons (Fsp3) is 1.00. The maximum atomic E-state index is 5.67. The third-order valence-electron chi connectivity index (χ3n) is 3.85. The summed E-state index contributed by atoms with van der Waals surface area (Å²) in [5, 5.41) is 0. The third-order valence-corrected chi connectivity index (χ3v) is 3.85. The Labute approximate surface area is 100 Å². The van der Waals surface area contributed by atoms with E-state index < -0.39 is 0 Å². The zero-order valence-electron chi connectivity index (χ0n) is 10.9. The summed E-state index contributed by atoms with van der Waals surface area (Å²) in [6.07, 6.45) is 10.7. The highest BCUT2D eigenvalue weighted by molar-refractivity contribution is 4.79. The number of methoxy groups -OCH3 is 1. The second kappa shape index (κ2) is 8.04. The number of nitrogens with one attached hydrogen (secondary N) is 1. The lowest BCUT2D eigenvalue weighted by Gasteiger charge is -2.30. The van der Waals surface area contributed by atoms with Crippen LogP contribution in [0.3, 0.4) is 0 Å². The molecule has 96 valence electrons. The first-order valence-electron chi connectivity index (χ1n) is 6.80. The van der Waals surface area contributed by atoms with Crippen LogP contribution in [0.1, 0.15) is 58.3 Å². The standard InChI is InChI=1S/C13H28N2O/c1-3-7-13(16-2)12(15-14)10-11-8-5-4-6-9-11/h11-13,15H,3-10,14H2,1-2H3. The monoisotopic (exact) mass is 228 g/mol. The van der Waals surface area contributed by atoms with Gasteiger partial charge >= 0.3 is 0 Å². The third kappa shape index (κ3) is 4.40. The van der Waals surface area contributed by atoms with Crippen molar-refractivity contribution in [3.05, 3.63) is 0 Å². The highest BCUT2D eigenvalue weighted by atomic mass is 16.5. The number of hydrogen-bond acceptors (Lipinski definition) is 3. The molecule has 1 fully saturated rings. The zero-order valence-corrected chi connectivity index (χ0v) is 10.9. The Bertz CT molecular complexity index is 169. The zero-order chi connectivity index (χ0) is 11.8. The Morgan fingerprint density at radius 1 is 1.31 bits per heavy atom. The van der Waals surface area contributed by atoms with Crippen LogP contribution in [0.15, 0.2) is 0 Å². The molecule has 1 aliphatic rings. The fourth-order valence-electron chi connectivity index (χ4n) is 2.88. The van der Waals surface area contributed by atoms with Gasteiger partial charge in [-0.05, 0) is 18.8 Å². The predicted octanol–water partition coefficient (Wildman–Crippen LogP) is 2.60. The van der Waals surface area contributed by atoms with Crippen molar-refractivity contribution in [2.24, 2.45) is 11.8 Å². The van der Waals surface area contributed by atoms with Crippen LogP contribution in [0, 0.1) is 5.92 Å². The van der Waals surface area contributed by atoms with Crippen LogP contribution in [0.5, 0.6) is 0 Å². The van der Waals surface area contributed by atoms with E-state index in [1.54, 1.807) is 7.11 Å². The SMILES string of the molecule is CCCC(OC)C(CC1CCCCC1)NN. The molecule has 3 N–H and O–H groups in total. The van der Waals surface area contributed by atoms with Crippen molar-refractivity contribution >= 4 is 0 Å². The van der Waals surface area contributed by atoms with Gasteiger partial charge in [0.15, 0.2) is 0 Å². The summed E-state index contributed by atoms with van der Waals surface area (Å²) in [5.74, 6) is 6.52. The van der Waals surface area contributed by atoms with Crippen LogP contribution in [-0.2, 0) is 4.74 Å². The largest absolute Gasteiger partial charge is 0.380 e. The molecule has 3 nitrogen and oxygen atoms in total. The molecule has 1 rings (SSSR count). The van der Waals surface area contributed by atoms with E-state index in [0.717, 1.165) is 18.8 Å². The molecule has 0 spiro atoms. The minimum Gasteiger partial charge on any atom is -0.380 e. The number of hydrogen-bond donors (Lipinski definition) is 2. The normalized spacial score (nSPS) is 21.9. The van der Waals surface area contributed by atoms with E-state index >= 15 is 0 Å². The summed E-state index contributed by atoms with van der Waals surface area (Å²) >= 11 is 0.